The topological polar surface area (TPSA) is 115 Å². The van der Waals surface area contributed by atoms with E-state index in [1.165, 1.54) is 10.6 Å². The van der Waals surface area contributed by atoms with Crippen LogP contribution >= 0.6 is 0 Å². The summed E-state index contributed by atoms with van der Waals surface area (Å²) in [6, 6.07) is 21.5. The molecule has 0 radical (unpaired) electrons. The lowest BCUT2D eigenvalue weighted by molar-refractivity contribution is 0.104. The van der Waals surface area contributed by atoms with Crippen LogP contribution in [-0.2, 0) is 16.6 Å². The van der Waals surface area contributed by atoms with E-state index in [1.807, 2.05) is 30.3 Å². The van der Waals surface area contributed by atoms with Crippen LogP contribution in [0.2, 0.25) is 0 Å². The summed E-state index contributed by atoms with van der Waals surface area (Å²) >= 11 is 0. The van der Waals surface area contributed by atoms with Crippen molar-refractivity contribution >= 4 is 38.3 Å². The monoisotopic (exact) mass is 549 g/mol. The minimum absolute atomic E-state index is 0.166. The molecule has 0 aliphatic rings. The summed E-state index contributed by atoms with van der Waals surface area (Å²) in [5.74, 6) is 0.801. The zero-order chi connectivity index (χ0) is 27.8. The van der Waals surface area contributed by atoms with Crippen LogP contribution in [0.4, 0.5) is 11.6 Å². The molecule has 0 spiro atoms. The van der Waals surface area contributed by atoms with E-state index in [4.69, 9.17) is 14.9 Å². The molecule has 3 N–H and O–H groups in total. The third-order valence-corrected chi connectivity index (χ3v) is 7.45. The van der Waals surface area contributed by atoms with Crippen LogP contribution < -0.4 is 20.1 Å². The van der Waals surface area contributed by atoms with Crippen LogP contribution in [0.1, 0.15) is 47.7 Å². The Kier molecular flexibility index (Phi) is 9.27. The molecule has 0 saturated heterocycles. The lowest BCUT2D eigenvalue weighted by Gasteiger charge is -2.22. The van der Waals surface area contributed by atoms with Crippen LogP contribution in [0.5, 0.6) is 5.75 Å². The number of ketones is 1. The molecule has 206 valence electrons. The van der Waals surface area contributed by atoms with Gasteiger partial charge < -0.3 is 20.2 Å². The maximum Gasteiger partial charge on any atom is 0.232 e. The number of carbonyl (C=O) groups excluding carboxylic acids is 1. The van der Waals surface area contributed by atoms with Crippen molar-refractivity contribution in [1.82, 2.24) is 0 Å². The van der Waals surface area contributed by atoms with Crippen LogP contribution in [0.15, 0.2) is 77.2 Å². The molecule has 9 heteroatoms. The number of ether oxygens (including phenoxy) is 1. The van der Waals surface area contributed by atoms with Crippen molar-refractivity contribution < 1.29 is 22.4 Å². The summed E-state index contributed by atoms with van der Waals surface area (Å²) < 4.78 is 38.7. The predicted octanol–water partition coefficient (Wildman–Crippen LogP) is 5.57. The fourth-order valence-electron chi connectivity index (χ4n) is 4.24. The quantitative estimate of drug-likeness (QED) is 0.156. The number of sulfonamides is 1. The average Bonchev–Trinajstić information content (AvgIpc) is 3.29. The van der Waals surface area contributed by atoms with Gasteiger partial charge in [-0.3, -0.25) is 9.10 Å². The first-order chi connectivity index (χ1) is 18.8. The zero-order valence-corrected chi connectivity index (χ0v) is 23.2. The van der Waals surface area contributed by atoms with Crippen molar-refractivity contribution in [2.75, 3.05) is 35.6 Å². The van der Waals surface area contributed by atoms with Crippen LogP contribution in [0.25, 0.3) is 11.0 Å². The number of carbonyl (C=O) groups is 1. The minimum Gasteiger partial charge on any atom is -0.494 e. The number of anilines is 2. The lowest BCUT2D eigenvalue weighted by atomic mass is 10.0. The number of hydrogen-bond donors (Lipinski definition) is 2. The normalized spacial score (nSPS) is 11.5. The summed E-state index contributed by atoms with van der Waals surface area (Å²) in [6.45, 7) is 3.94. The second-order valence-electron chi connectivity index (χ2n) is 9.37. The molecule has 1 aromatic heterocycles. The molecule has 4 aromatic rings. The molecule has 0 aliphatic heterocycles. The Balaban J connectivity index is 1.75. The van der Waals surface area contributed by atoms with Crippen molar-refractivity contribution in [2.45, 2.75) is 32.7 Å². The van der Waals surface area contributed by atoms with Crippen LogP contribution in [-0.4, -0.2) is 40.2 Å². The van der Waals surface area contributed by atoms with E-state index < -0.39 is 10.0 Å². The number of nitrogens with zero attached hydrogens (tertiary/aromatic N) is 1. The van der Waals surface area contributed by atoms with E-state index in [-0.39, 0.29) is 12.3 Å². The summed E-state index contributed by atoms with van der Waals surface area (Å²) in [5, 5.41) is 3.81. The SMILES string of the molecule is CCCCNc1oc2ccc(N(Cc3ccccc3)S(C)(=O)=O)cc2c1C(=O)c1ccc(OCCCN)cc1. The van der Waals surface area contributed by atoms with Gasteiger partial charge in [-0.1, -0.05) is 43.7 Å². The van der Waals surface area contributed by atoms with Crippen LogP contribution in [0.3, 0.4) is 0 Å². The van der Waals surface area contributed by atoms with Crippen molar-refractivity contribution in [3.05, 3.63) is 89.5 Å². The first kappa shape index (κ1) is 28.2. The van der Waals surface area contributed by atoms with Crippen molar-refractivity contribution in [2.24, 2.45) is 5.73 Å². The lowest BCUT2D eigenvalue weighted by Crippen LogP contribution is -2.29. The fraction of sp³-hybridized carbons (Fsp3) is 0.300. The van der Waals surface area contributed by atoms with E-state index in [2.05, 4.69) is 12.2 Å². The molecule has 0 bridgehead atoms. The summed E-state index contributed by atoms with van der Waals surface area (Å²) in [5.41, 5.74) is 8.16. The summed E-state index contributed by atoms with van der Waals surface area (Å²) in [6.07, 6.45) is 3.81. The van der Waals surface area contributed by atoms with Gasteiger partial charge in [0.1, 0.15) is 11.3 Å². The van der Waals surface area contributed by atoms with Gasteiger partial charge in [0.15, 0.2) is 5.78 Å². The number of hydrogen-bond acceptors (Lipinski definition) is 7. The third kappa shape index (κ3) is 6.99. The largest absolute Gasteiger partial charge is 0.494 e. The van der Waals surface area contributed by atoms with Gasteiger partial charge in [0.05, 0.1) is 30.7 Å². The second kappa shape index (κ2) is 12.8. The van der Waals surface area contributed by atoms with Gasteiger partial charge >= 0.3 is 0 Å². The molecule has 0 amide bonds. The molecule has 0 saturated carbocycles. The van der Waals surface area contributed by atoms with Crippen LogP contribution in [0, 0.1) is 0 Å². The van der Waals surface area contributed by atoms with Gasteiger partial charge in [-0.25, -0.2) is 8.42 Å². The van der Waals surface area contributed by atoms with E-state index in [0.717, 1.165) is 24.8 Å². The molecule has 39 heavy (non-hydrogen) atoms. The van der Waals surface area contributed by atoms with Gasteiger partial charge in [-0.15, -0.1) is 0 Å². The minimum atomic E-state index is -3.61. The number of rotatable bonds is 14. The predicted molar refractivity (Wildman–Crippen MR) is 156 cm³/mol. The van der Waals surface area contributed by atoms with E-state index in [0.29, 0.717) is 59.1 Å². The molecular formula is C30H35N3O5S. The molecule has 0 unspecified atom stereocenters. The highest BCUT2D eigenvalue weighted by molar-refractivity contribution is 7.92. The average molecular weight is 550 g/mol. The number of fused-ring (bicyclic) bond motifs is 1. The Morgan fingerprint density at radius 1 is 1.03 bits per heavy atom. The van der Waals surface area contributed by atoms with Crippen molar-refractivity contribution in [3.63, 3.8) is 0 Å². The molecule has 8 nitrogen and oxygen atoms in total. The maximum atomic E-state index is 13.8. The molecule has 1 heterocycles. The summed E-state index contributed by atoms with van der Waals surface area (Å²) in [4.78, 5) is 13.8. The Morgan fingerprint density at radius 2 is 1.77 bits per heavy atom. The number of nitrogens with one attached hydrogen (secondary N) is 1. The van der Waals surface area contributed by atoms with Gasteiger partial charge in [0.2, 0.25) is 15.9 Å². The summed E-state index contributed by atoms with van der Waals surface area (Å²) in [7, 11) is -3.61. The molecule has 0 fully saturated rings. The van der Waals surface area contributed by atoms with Crippen molar-refractivity contribution in [3.8, 4) is 5.75 Å². The highest BCUT2D eigenvalue weighted by Crippen LogP contribution is 2.36. The highest BCUT2D eigenvalue weighted by Gasteiger charge is 2.25. The molecule has 3 aromatic carbocycles. The zero-order valence-electron chi connectivity index (χ0n) is 22.4. The maximum absolute atomic E-state index is 13.8. The van der Waals surface area contributed by atoms with Gasteiger partial charge in [-0.05, 0) is 67.4 Å². The Bertz CT molecular complexity index is 1500. The second-order valence-corrected chi connectivity index (χ2v) is 11.3. The number of unbranched alkanes of at least 4 members (excludes halogenated alkanes) is 1. The van der Waals surface area contributed by atoms with E-state index in [9.17, 15) is 13.2 Å². The molecule has 0 atom stereocenters. The number of nitrogens with two attached hydrogens (primary N) is 1. The molecule has 4 rings (SSSR count). The van der Waals surface area contributed by atoms with E-state index >= 15 is 0 Å². The first-order valence-corrected chi connectivity index (χ1v) is 15.0. The molecule has 0 aliphatic carbocycles. The third-order valence-electron chi connectivity index (χ3n) is 6.31. The Morgan fingerprint density at radius 3 is 2.44 bits per heavy atom. The highest BCUT2D eigenvalue weighted by atomic mass is 32.2. The Labute approximate surface area is 229 Å². The Hall–Kier alpha value is -3.82. The van der Waals surface area contributed by atoms with Crippen molar-refractivity contribution in [1.29, 1.82) is 0 Å². The smallest absolute Gasteiger partial charge is 0.232 e. The fourth-order valence-corrected chi connectivity index (χ4v) is 5.12. The number of furan rings is 1. The van der Waals surface area contributed by atoms with Gasteiger partial charge in [-0.2, -0.15) is 0 Å². The standard InChI is InChI=1S/C30H35N3O5S/c1-3-4-18-32-30-28(29(34)23-11-14-25(15-12-23)37-19-8-17-31)26-20-24(13-16-27(26)38-30)33(39(2,35)36)21-22-9-6-5-7-10-22/h5-7,9-16,20,32H,3-4,8,17-19,21,31H2,1-2H3. The number of benzene rings is 3. The van der Waals surface area contributed by atoms with Gasteiger partial charge in [0.25, 0.3) is 0 Å². The molecular weight excluding hydrogens is 514 g/mol. The first-order valence-electron chi connectivity index (χ1n) is 13.1. The van der Waals surface area contributed by atoms with Gasteiger partial charge in [0, 0.05) is 17.5 Å². The van der Waals surface area contributed by atoms with E-state index in [1.54, 1.807) is 42.5 Å².